The van der Waals surface area contributed by atoms with Crippen molar-refractivity contribution < 1.29 is 0 Å². The molecule has 1 nitrogen and oxygen atoms in total. The Morgan fingerprint density at radius 3 is 1.60 bits per heavy atom. The van der Waals surface area contributed by atoms with E-state index >= 15 is 0 Å². The first-order chi connectivity index (χ1) is 9.43. The van der Waals surface area contributed by atoms with Crippen LogP contribution in [0.2, 0.25) is 0 Å². The Morgan fingerprint density at radius 2 is 1.15 bits per heavy atom. The van der Waals surface area contributed by atoms with E-state index in [2.05, 4.69) is 39.9 Å². The Labute approximate surface area is 127 Å². The summed E-state index contributed by atoms with van der Waals surface area (Å²) in [7, 11) is 0. The normalized spacial score (nSPS) is 27.1. The zero-order valence-electron chi connectivity index (χ0n) is 14.6. The van der Waals surface area contributed by atoms with Crippen LogP contribution in [0.4, 0.5) is 0 Å². The van der Waals surface area contributed by atoms with Crippen molar-refractivity contribution in [3.63, 3.8) is 0 Å². The summed E-state index contributed by atoms with van der Waals surface area (Å²) in [5, 5.41) is 4.18. The molecule has 1 unspecified atom stereocenters. The van der Waals surface area contributed by atoms with Crippen LogP contribution >= 0.6 is 0 Å². The van der Waals surface area contributed by atoms with Crippen molar-refractivity contribution >= 4 is 0 Å². The third-order valence-electron chi connectivity index (χ3n) is 6.90. The predicted molar refractivity (Wildman–Crippen MR) is 89.0 cm³/mol. The summed E-state index contributed by atoms with van der Waals surface area (Å²) in [6.07, 6.45) is 12.8. The van der Waals surface area contributed by atoms with Crippen LogP contribution in [0.1, 0.15) is 92.4 Å². The molecule has 2 aliphatic carbocycles. The van der Waals surface area contributed by atoms with Gasteiger partial charge in [0.2, 0.25) is 0 Å². The van der Waals surface area contributed by atoms with Crippen molar-refractivity contribution in [1.29, 1.82) is 0 Å². The van der Waals surface area contributed by atoms with Gasteiger partial charge in [-0.05, 0) is 49.9 Å². The third kappa shape index (κ3) is 2.93. The van der Waals surface area contributed by atoms with Gasteiger partial charge >= 0.3 is 0 Å². The highest BCUT2D eigenvalue weighted by atomic mass is 15.0. The second-order valence-electron chi connectivity index (χ2n) is 8.33. The molecule has 0 aromatic heterocycles. The monoisotopic (exact) mass is 279 g/mol. The van der Waals surface area contributed by atoms with Gasteiger partial charge in [-0.25, -0.2) is 0 Å². The second kappa shape index (κ2) is 6.38. The summed E-state index contributed by atoms with van der Waals surface area (Å²) < 4.78 is 0. The molecule has 2 rings (SSSR count). The number of rotatable bonds is 5. The van der Waals surface area contributed by atoms with Crippen LogP contribution in [0.15, 0.2) is 0 Å². The molecule has 0 aliphatic heterocycles. The fourth-order valence-electron chi connectivity index (χ4n) is 5.19. The highest BCUT2D eigenvalue weighted by Crippen LogP contribution is 2.47. The molecule has 0 bridgehead atoms. The summed E-state index contributed by atoms with van der Waals surface area (Å²) in [5.41, 5.74) is 0.974. The Balaban J connectivity index is 2.13. The van der Waals surface area contributed by atoms with E-state index < -0.39 is 0 Å². The van der Waals surface area contributed by atoms with Crippen molar-refractivity contribution in [1.82, 2.24) is 5.32 Å². The van der Waals surface area contributed by atoms with Gasteiger partial charge in [0.15, 0.2) is 0 Å². The molecule has 0 aromatic carbocycles. The minimum Gasteiger partial charge on any atom is -0.308 e. The van der Waals surface area contributed by atoms with Crippen LogP contribution < -0.4 is 5.32 Å². The van der Waals surface area contributed by atoms with Crippen LogP contribution in [-0.2, 0) is 0 Å². The Kier molecular flexibility index (Phi) is 5.21. The van der Waals surface area contributed by atoms with E-state index in [0.717, 1.165) is 11.8 Å². The van der Waals surface area contributed by atoms with Gasteiger partial charge in [-0.2, -0.15) is 0 Å². The average Bonchev–Trinajstić information content (AvgIpc) is 2.89. The highest BCUT2D eigenvalue weighted by molar-refractivity contribution is 5.02. The first-order valence-electron chi connectivity index (χ1n) is 9.21. The highest BCUT2D eigenvalue weighted by Gasteiger charge is 2.45. The van der Waals surface area contributed by atoms with Crippen molar-refractivity contribution in [3.8, 4) is 0 Å². The fraction of sp³-hybridized carbons (Fsp3) is 1.00. The van der Waals surface area contributed by atoms with E-state index in [1.54, 1.807) is 0 Å². The second-order valence-corrected chi connectivity index (χ2v) is 8.33. The van der Waals surface area contributed by atoms with Gasteiger partial charge in [0, 0.05) is 11.6 Å². The maximum Gasteiger partial charge on any atom is 0.0207 e. The maximum absolute atomic E-state index is 4.18. The lowest BCUT2D eigenvalue weighted by atomic mass is 9.62. The van der Waals surface area contributed by atoms with Gasteiger partial charge in [-0.1, -0.05) is 59.8 Å². The summed E-state index contributed by atoms with van der Waals surface area (Å²) in [4.78, 5) is 0. The van der Waals surface area contributed by atoms with E-state index in [0.29, 0.717) is 17.0 Å². The number of hydrogen-bond donors (Lipinski definition) is 1. The molecule has 1 atom stereocenters. The van der Waals surface area contributed by atoms with E-state index in [1.165, 1.54) is 57.8 Å². The molecule has 0 spiro atoms. The quantitative estimate of drug-likeness (QED) is 0.696. The largest absolute Gasteiger partial charge is 0.308 e. The van der Waals surface area contributed by atoms with Crippen molar-refractivity contribution in [3.05, 3.63) is 0 Å². The average molecular weight is 280 g/mol. The van der Waals surface area contributed by atoms with Gasteiger partial charge in [0.1, 0.15) is 0 Å². The standard InChI is InChI=1S/C19H37N/c1-15(2)18(11-7-6-8-12-18)17(5)20-19(16(3)4)13-9-10-14-19/h15-17,20H,6-14H2,1-5H3. The summed E-state index contributed by atoms with van der Waals surface area (Å²) >= 11 is 0. The third-order valence-corrected chi connectivity index (χ3v) is 6.90. The lowest BCUT2D eigenvalue weighted by molar-refractivity contribution is 0.0446. The molecule has 20 heavy (non-hydrogen) atoms. The SMILES string of the molecule is CC(C)C1(NC(C)C2(C(C)C)CCCCC2)CCCC1. The Morgan fingerprint density at radius 1 is 0.650 bits per heavy atom. The van der Waals surface area contributed by atoms with Gasteiger partial charge in [0.05, 0.1) is 0 Å². The molecule has 118 valence electrons. The zero-order chi connectivity index (χ0) is 14.8. The molecule has 1 N–H and O–H groups in total. The Hall–Kier alpha value is -0.0400. The van der Waals surface area contributed by atoms with Gasteiger partial charge < -0.3 is 5.32 Å². The first-order valence-corrected chi connectivity index (χ1v) is 9.21. The first kappa shape index (κ1) is 16.3. The molecule has 0 heterocycles. The maximum atomic E-state index is 4.18. The molecular formula is C19H37N. The minimum absolute atomic E-state index is 0.429. The molecule has 0 radical (unpaired) electrons. The minimum atomic E-state index is 0.429. The topological polar surface area (TPSA) is 12.0 Å². The molecule has 2 fully saturated rings. The summed E-state index contributed by atoms with van der Waals surface area (Å²) in [6, 6.07) is 0.670. The van der Waals surface area contributed by atoms with E-state index in [4.69, 9.17) is 0 Å². The van der Waals surface area contributed by atoms with Gasteiger partial charge in [-0.3, -0.25) is 0 Å². The van der Waals surface area contributed by atoms with Crippen molar-refractivity contribution in [2.24, 2.45) is 17.3 Å². The lowest BCUT2D eigenvalue weighted by Crippen LogP contribution is -2.58. The zero-order valence-corrected chi connectivity index (χ0v) is 14.6. The molecule has 0 aromatic rings. The lowest BCUT2D eigenvalue weighted by Gasteiger charge is -2.50. The smallest absolute Gasteiger partial charge is 0.0207 e. The summed E-state index contributed by atoms with van der Waals surface area (Å²) in [6.45, 7) is 12.3. The van der Waals surface area contributed by atoms with Crippen molar-refractivity contribution in [2.45, 2.75) is 104 Å². The molecular weight excluding hydrogens is 242 g/mol. The van der Waals surface area contributed by atoms with Crippen LogP contribution in [0.25, 0.3) is 0 Å². The van der Waals surface area contributed by atoms with E-state index in [9.17, 15) is 0 Å². The predicted octanol–water partition coefficient (Wildman–Crippen LogP) is 5.54. The fourth-order valence-corrected chi connectivity index (χ4v) is 5.19. The molecule has 0 saturated heterocycles. The van der Waals surface area contributed by atoms with E-state index in [-0.39, 0.29) is 0 Å². The van der Waals surface area contributed by atoms with Crippen molar-refractivity contribution in [2.75, 3.05) is 0 Å². The van der Waals surface area contributed by atoms with Crippen LogP contribution in [0.3, 0.4) is 0 Å². The van der Waals surface area contributed by atoms with E-state index in [1.807, 2.05) is 0 Å². The van der Waals surface area contributed by atoms with Gasteiger partial charge in [-0.15, -0.1) is 0 Å². The molecule has 0 amide bonds. The van der Waals surface area contributed by atoms with Crippen LogP contribution in [-0.4, -0.2) is 11.6 Å². The molecule has 1 heteroatoms. The van der Waals surface area contributed by atoms with Crippen LogP contribution in [0.5, 0.6) is 0 Å². The van der Waals surface area contributed by atoms with Gasteiger partial charge in [0.25, 0.3) is 0 Å². The number of nitrogens with one attached hydrogen (secondary N) is 1. The molecule has 2 aliphatic rings. The number of hydrogen-bond acceptors (Lipinski definition) is 1. The Bertz CT molecular complexity index is 293. The molecule has 2 saturated carbocycles. The van der Waals surface area contributed by atoms with Crippen LogP contribution in [0, 0.1) is 17.3 Å². The summed E-state index contributed by atoms with van der Waals surface area (Å²) in [5.74, 6) is 1.57.